The van der Waals surface area contributed by atoms with Crippen molar-refractivity contribution >= 4 is 12.0 Å². The van der Waals surface area contributed by atoms with Crippen molar-refractivity contribution in [2.75, 3.05) is 23.3 Å². The van der Waals surface area contributed by atoms with Gasteiger partial charge in [-0.25, -0.2) is 4.68 Å². The second-order valence-electron chi connectivity index (χ2n) is 9.86. The lowest BCUT2D eigenvalue weighted by Crippen LogP contribution is -2.48. The van der Waals surface area contributed by atoms with E-state index in [-0.39, 0.29) is 41.6 Å². The molecule has 212 valence electrons. The molecule has 0 radical (unpaired) electrons. The molecular weight excluding hydrogens is 536 g/mol. The molecule has 0 unspecified atom stereocenters. The first-order chi connectivity index (χ1) is 18.3. The van der Waals surface area contributed by atoms with E-state index >= 15 is 0 Å². The highest BCUT2D eigenvalue weighted by molar-refractivity contribution is 5.43. The molecule has 2 aliphatic rings. The molecule has 3 aromatic rings. The number of alkyl halides is 6. The first-order valence-corrected chi connectivity index (χ1v) is 12.2. The highest BCUT2D eigenvalue weighted by atomic mass is 19.4. The highest BCUT2D eigenvalue weighted by Gasteiger charge is 2.44. The van der Waals surface area contributed by atoms with Crippen LogP contribution in [0.15, 0.2) is 22.7 Å². The van der Waals surface area contributed by atoms with E-state index < -0.39 is 23.9 Å². The summed E-state index contributed by atoms with van der Waals surface area (Å²) >= 11 is 0. The van der Waals surface area contributed by atoms with Crippen molar-refractivity contribution in [2.24, 2.45) is 11.8 Å². The Bertz CT molecular complexity index is 1310. The Labute approximate surface area is 218 Å². The van der Waals surface area contributed by atoms with Gasteiger partial charge in [0.15, 0.2) is 5.82 Å². The van der Waals surface area contributed by atoms with Gasteiger partial charge >= 0.3 is 24.6 Å². The standard InChI is InChI=1S/C23H25F6N7O3/c1-11(2)36-21(37-15-6-7-17(38-23(27,28)29)16(8-15)22(24,25)26)32-19(33-36)31-18-13-4-5-14(18)10-35(9-13)20-30-12(3)34-39-20/h6-8,11,13-14,18H,4-5,9-10H2,1-3H3,(H,31,33)/t13-,14+,18+. The lowest BCUT2D eigenvalue weighted by molar-refractivity contribution is -0.276. The van der Waals surface area contributed by atoms with Gasteiger partial charge in [-0.3, -0.25) is 0 Å². The zero-order chi connectivity index (χ0) is 28.1. The first kappa shape index (κ1) is 26.9. The lowest BCUT2D eigenvalue weighted by atomic mass is 9.92. The largest absolute Gasteiger partial charge is 0.573 e. The fourth-order valence-electron chi connectivity index (χ4n) is 5.07. The molecule has 1 aliphatic heterocycles. The minimum Gasteiger partial charge on any atom is -0.424 e. The van der Waals surface area contributed by atoms with Crippen LogP contribution in [-0.4, -0.2) is 50.4 Å². The molecule has 0 amide bonds. The van der Waals surface area contributed by atoms with E-state index in [2.05, 4.69) is 35.2 Å². The molecule has 1 saturated heterocycles. The third kappa shape index (κ3) is 5.83. The van der Waals surface area contributed by atoms with Gasteiger partial charge in [0.05, 0.1) is 6.04 Å². The summed E-state index contributed by atoms with van der Waals surface area (Å²) in [4.78, 5) is 10.7. The van der Waals surface area contributed by atoms with E-state index in [9.17, 15) is 26.3 Å². The van der Waals surface area contributed by atoms with Crippen LogP contribution in [0.2, 0.25) is 0 Å². The Hall–Kier alpha value is -3.72. The van der Waals surface area contributed by atoms with Gasteiger partial charge in [0.1, 0.15) is 17.1 Å². The smallest absolute Gasteiger partial charge is 0.424 e. The number of nitrogens with one attached hydrogen (secondary N) is 1. The number of hydrogen-bond donors (Lipinski definition) is 1. The molecule has 2 aromatic heterocycles. The minimum absolute atomic E-state index is 0.0387. The van der Waals surface area contributed by atoms with Crippen LogP contribution in [0.1, 0.15) is 44.1 Å². The summed E-state index contributed by atoms with van der Waals surface area (Å²) in [6, 6.07) is 2.05. The summed E-state index contributed by atoms with van der Waals surface area (Å²) < 4.78 is 94.0. The number of halogens is 6. The Kier molecular flexibility index (Phi) is 6.74. The van der Waals surface area contributed by atoms with Crippen LogP contribution in [0.3, 0.4) is 0 Å². The number of aryl methyl sites for hydroxylation is 1. The first-order valence-electron chi connectivity index (χ1n) is 12.2. The van der Waals surface area contributed by atoms with Crippen molar-refractivity contribution in [2.45, 2.75) is 58.2 Å². The van der Waals surface area contributed by atoms with Gasteiger partial charge in [-0.2, -0.15) is 23.1 Å². The van der Waals surface area contributed by atoms with Crippen molar-refractivity contribution in [1.29, 1.82) is 0 Å². The van der Waals surface area contributed by atoms with Crippen LogP contribution in [0, 0.1) is 18.8 Å². The molecule has 0 spiro atoms. The number of anilines is 2. The van der Waals surface area contributed by atoms with Gasteiger partial charge in [0.25, 0.3) is 0 Å². The molecule has 16 heteroatoms. The molecule has 3 heterocycles. The average Bonchev–Trinajstić information content (AvgIpc) is 3.49. The summed E-state index contributed by atoms with van der Waals surface area (Å²) in [5.41, 5.74) is -1.63. The Morgan fingerprint density at radius 3 is 2.31 bits per heavy atom. The molecular formula is C23H25F6N7O3. The molecule has 1 N–H and O–H groups in total. The maximum atomic E-state index is 13.5. The zero-order valence-electron chi connectivity index (χ0n) is 21.0. The van der Waals surface area contributed by atoms with E-state index in [1.807, 2.05) is 0 Å². The number of rotatable bonds is 7. The summed E-state index contributed by atoms with van der Waals surface area (Å²) in [7, 11) is 0. The van der Waals surface area contributed by atoms with Gasteiger partial charge in [-0.1, -0.05) is 5.16 Å². The number of benzene rings is 1. The summed E-state index contributed by atoms with van der Waals surface area (Å²) in [5, 5.41) is 11.6. The number of hydrogen-bond acceptors (Lipinski definition) is 9. The van der Waals surface area contributed by atoms with E-state index in [1.54, 1.807) is 20.8 Å². The molecule has 2 bridgehead atoms. The molecule has 5 rings (SSSR count). The Morgan fingerprint density at radius 2 is 1.74 bits per heavy atom. The molecule has 1 aromatic carbocycles. The lowest BCUT2D eigenvalue weighted by Gasteiger charge is -2.37. The molecule has 10 nitrogen and oxygen atoms in total. The van der Waals surface area contributed by atoms with Gasteiger partial charge < -0.3 is 24.2 Å². The number of fused-ring (bicyclic) bond motifs is 2. The SMILES string of the molecule is Cc1noc(N2C[C@H]3CC[C@@H](C2)[C@H]3Nc2nc(Oc3ccc(OC(F)(F)F)c(C(F)(F)F)c3)n(C(C)C)n2)n1. The van der Waals surface area contributed by atoms with Crippen molar-refractivity contribution < 1.29 is 40.3 Å². The molecule has 1 aliphatic carbocycles. The van der Waals surface area contributed by atoms with Crippen LogP contribution < -0.4 is 19.7 Å². The van der Waals surface area contributed by atoms with Gasteiger partial charge in [-0.15, -0.1) is 18.3 Å². The summed E-state index contributed by atoms with van der Waals surface area (Å²) in [5.74, 6) is -0.494. The van der Waals surface area contributed by atoms with Crippen LogP contribution >= 0.6 is 0 Å². The fraction of sp³-hybridized carbons (Fsp3) is 0.565. The predicted molar refractivity (Wildman–Crippen MR) is 123 cm³/mol. The average molecular weight is 561 g/mol. The van der Waals surface area contributed by atoms with Crippen LogP contribution in [0.25, 0.3) is 0 Å². The third-order valence-corrected chi connectivity index (χ3v) is 6.70. The van der Waals surface area contributed by atoms with Crippen LogP contribution in [-0.2, 0) is 6.18 Å². The van der Waals surface area contributed by atoms with E-state index in [0.29, 0.717) is 37.1 Å². The summed E-state index contributed by atoms with van der Waals surface area (Å²) in [6.45, 7) is 6.69. The van der Waals surface area contributed by atoms with Crippen LogP contribution in [0.4, 0.5) is 38.3 Å². The Balaban J connectivity index is 1.34. The summed E-state index contributed by atoms with van der Waals surface area (Å²) in [6.07, 6.45) is -8.48. The second kappa shape index (κ2) is 9.79. The maximum Gasteiger partial charge on any atom is 0.573 e. The number of nitrogens with zero attached hydrogens (tertiary/aromatic N) is 6. The monoisotopic (exact) mass is 561 g/mol. The fourth-order valence-corrected chi connectivity index (χ4v) is 5.07. The topological polar surface area (TPSA) is 103 Å². The number of aromatic nitrogens is 5. The third-order valence-electron chi connectivity index (χ3n) is 6.70. The van der Waals surface area contributed by atoms with Crippen molar-refractivity contribution in [3.63, 3.8) is 0 Å². The minimum atomic E-state index is -5.29. The molecule has 39 heavy (non-hydrogen) atoms. The van der Waals surface area contributed by atoms with Gasteiger partial charge in [0.2, 0.25) is 5.95 Å². The maximum absolute atomic E-state index is 13.5. The molecule has 2 fully saturated rings. The van der Waals surface area contributed by atoms with Crippen molar-refractivity contribution in [3.8, 4) is 17.5 Å². The van der Waals surface area contributed by atoms with E-state index in [4.69, 9.17) is 9.26 Å². The zero-order valence-corrected chi connectivity index (χ0v) is 21.0. The normalized spacial score (nSPS) is 21.5. The quantitative estimate of drug-likeness (QED) is 0.370. The predicted octanol–water partition coefficient (Wildman–Crippen LogP) is 5.59. The van der Waals surface area contributed by atoms with E-state index in [1.165, 1.54) is 4.68 Å². The molecule has 3 atom stereocenters. The number of piperidine rings is 1. The Morgan fingerprint density at radius 1 is 1.05 bits per heavy atom. The van der Waals surface area contributed by atoms with Crippen LogP contribution in [0.5, 0.6) is 17.5 Å². The second-order valence-corrected chi connectivity index (χ2v) is 9.86. The number of ether oxygens (including phenoxy) is 2. The van der Waals surface area contributed by atoms with Gasteiger partial charge in [-0.05, 0) is 63.6 Å². The highest BCUT2D eigenvalue weighted by Crippen LogP contribution is 2.42. The van der Waals surface area contributed by atoms with Crippen molar-refractivity contribution in [3.05, 3.63) is 29.6 Å². The van der Waals surface area contributed by atoms with E-state index in [0.717, 1.165) is 18.9 Å². The molecule has 1 saturated carbocycles. The van der Waals surface area contributed by atoms with Crippen molar-refractivity contribution in [1.82, 2.24) is 24.9 Å². The van der Waals surface area contributed by atoms with Gasteiger partial charge in [0, 0.05) is 19.1 Å².